The molecule has 0 saturated heterocycles. The van der Waals surface area contributed by atoms with Gasteiger partial charge in [-0.3, -0.25) is 4.79 Å². The molecule has 0 heterocycles. The molecule has 0 aromatic carbocycles. The zero-order valence-electron chi connectivity index (χ0n) is 7.75. The fourth-order valence-electron chi connectivity index (χ4n) is 0.942. The van der Waals surface area contributed by atoms with Crippen LogP contribution < -0.4 is 0 Å². The highest BCUT2D eigenvalue weighted by Crippen LogP contribution is 2.19. The molecule has 0 aliphatic carbocycles. The second-order valence-corrected chi connectivity index (χ2v) is 2.97. The summed E-state index contributed by atoms with van der Waals surface area (Å²) in [6, 6.07) is 0. The summed E-state index contributed by atoms with van der Waals surface area (Å²) in [6.45, 7) is 4.33. The third-order valence-corrected chi connectivity index (χ3v) is 1.87. The van der Waals surface area contributed by atoms with Gasteiger partial charge in [0.25, 0.3) is 0 Å². The number of hydrogen-bond acceptors (Lipinski definition) is 4. The molecule has 0 aromatic rings. The fourth-order valence-corrected chi connectivity index (χ4v) is 0.942. The Morgan fingerprint density at radius 2 is 1.83 bits per heavy atom. The Balaban J connectivity index is 4.87. The van der Waals surface area contributed by atoms with Crippen molar-refractivity contribution in [2.75, 3.05) is 7.11 Å². The molecule has 0 spiro atoms. The molecule has 0 rings (SSSR count). The van der Waals surface area contributed by atoms with Crippen LogP contribution in [0.25, 0.3) is 0 Å². The van der Waals surface area contributed by atoms with E-state index in [1.807, 2.05) is 0 Å². The number of carbonyl (C=O) groups excluding carboxylic acids is 2. The Morgan fingerprint density at radius 3 is 1.92 bits per heavy atom. The average molecular weight is 174 g/mol. The number of ether oxygens (including phenoxy) is 1. The number of esters is 1. The van der Waals surface area contributed by atoms with E-state index in [1.165, 1.54) is 0 Å². The van der Waals surface area contributed by atoms with Crippen molar-refractivity contribution in [1.82, 2.24) is 0 Å². The molecular formula is C8H14O4. The first kappa shape index (κ1) is 11.1. The van der Waals surface area contributed by atoms with Crippen molar-refractivity contribution in [3.05, 3.63) is 0 Å². The normalized spacial score (nSPS) is 15.5. The number of rotatable bonds is 3. The van der Waals surface area contributed by atoms with Crippen molar-refractivity contribution < 1.29 is 19.4 Å². The van der Waals surface area contributed by atoms with Gasteiger partial charge in [0.2, 0.25) is 5.60 Å². The third-order valence-electron chi connectivity index (χ3n) is 1.87. The Hall–Kier alpha value is -0.900. The van der Waals surface area contributed by atoms with Gasteiger partial charge in [0, 0.05) is 5.92 Å². The smallest absolute Gasteiger partial charge is 0.345 e. The van der Waals surface area contributed by atoms with Crippen LogP contribution in [0.15, 0.2) is 0 Å². The zero-order valence-corrected chi connectivity index (χ0v) is 7.75. The second kappa shape index (κ2) is 3.67. The monoisotopic (exact) mass is 174 g/mol. The van der Waals surface area contributed by atoms with E-state index in [9.17, 15) is 14.7 Å². The van der Waals surface area contributed by atoms with Crippen LogP contribution in [0.1, 0.15) is 20.8 Å². The van der Waals surface area contributed by atoms with Crippen LogP contribution in [0, 0.1) is 5.92 Å². The van der Waals surface area contributed by atoms with Crippen molar-refractivity contribution in [2.45, 2.75) is 26.4 Å². The van der Waals surface area contributed by atoms with E-state index in [1.54, 1.807) is 13.8 Å². The summed E-state index contributed by atoms with van der Waals surface area (Å²) in [4.78, 5) is 22.0. The molecule has 12 heavy (non-hydrogen) atoms. The van der Waals surface area contributed by atoms with E-state index < -0.39 is 23.3 Å². The standard InChI is InChI=1S/C8H14O4/c1-5(2)8(11,6(3)9)7(10)12-4/h5,11H,1-4H3. The molecule has 0 fully saturated rings. The SMILES string of the molecule is COC(=O)C(O)(C(C)=O)C(C)C. The Bertz CT molecular complexity index is 197. The predicted octanol–water partition coefficient (Wildman–Crippen LogP) is 0.135. The van der Waals surface area contributed by atoms with Gasteiger partial charge in [0.05, 0.1) is 7.11 Å². The summed E-state index contributed by atoms with van der Waals surface area (Å²) in [5, 5.41) is 9.61. The molecule has 70 valence electrons. The van der Waals surface area contributed by atoms with Crippen LogP contribution in [0.2, 0.25) is 0 Å². The van der Waals surface area contributed by atoms with Gasteiger partial charge in [-0.2, -0.15) is 0 Å². The summed E-state index contributed by atoms with van der Waals surface area (Å²) in [6.07, 6.45) is 0. The molecule has 0 bridgehead atoms. The van der Waals surface area contributed by atoms with Crippen LogP contribution in [0.5, 0.6) is 0 Å². The van der Waals surface area contributed by atoms with Crippen molar-refractivity contribution in [1.29, 1.82) is 0 Å². The first-order chi connectivity index (χ1) is 5.37. The highest BCUT2D eigenvalue weighted by atomic mass is 16.5. The highest BCUT2D eigenvalue weighted by molar-refractivity contribution is 6.06. The van der Waals surface area contributed by atoms with Crippen LogP contribution in [0.4, 0.5) is 0 Å². The van der Waals surface area contributed by atoms with E-state index in [2.05, 4.69) is 4.74 Å². The molecular weight excluding hydrogens is 160 g/mol. The number of ketones is 1. The molecule has 0 radical (unpaired) electrons. The van der Waals surface area contributed by atoms with Crippen molar-refractivity contribution >= 4 is 11.8 Å². The minimum Gasteiger partial charge on any atom is -0.467 e. The molecule has 1 atom stereocenters. The van der Waals surface area contributed by atoms with E-state index in [4.69, 9.17) is 0 Å². The first-order valence-corrected chi connectivity index (χ1v) is 3.69. The quantitative estimate of drug-likeness (QED) is 0.488. The van der Waals surface area contributed by atoms with E-state index in [0.717, 1.165) is 14.0 Å². The lowest BCUT2D eigenvalue weighted by Crippen LogP contribution is -2.50. The fraction of sp³-hybridized carbons (Fsp3) is 0.750. The van der Waals surface area contributed by atoms with Gasteiger partial charge in [-0.15, -0.1) is 0 Å². The molecule has 1 N–H and O–H groups in total. The summed E-state index contributed by atoms with van der Waals surface area (Å²) in [5.74, 6) is -1.98. The number of methoxy groups -OCH3 is 1. The Kier molecular flexibility index (Phi) is 3.39. The van der Waals surface area contributed by atoms with E-state index in [-0.39, 0.29) is 0 Å². The number of carbonyl (C=O) groups is 2. The third kappa shape index (κ3) is 1.64. The van der Waals surface area contributed by atoms with Gasteiger partial charge in [0.15, 0.2) is 5.78 Å². The lowest BCUT2D eigenvalue weighted by atomic mass is 9.87. The summed E-state index contributed by atoms with van der Waals surface area (Å²) in [5.41, 5.74) is -1.99. The van der Waals surface area contributed by atoms with Gasteiger partial charge in [-0.05, 0) is 6.92 Å². The van der Waals surface area contributed by atoms with Crippen molar-refractivity contribution in [3.8, 4) is 0 Å². The average Bonchev–Trinajstić information content (AvgIpc) is 2.00. The maximum Gasteiger partial charge on any atom is 0.345 e. The zero-order chi connectivity index (χ0) is 9.94. The Labute approximate surface area is 71.5 Å². The lowest BCUT2D eigenvalue weighted by molar-refractivity contribution is -0.172. The maximum absolute atomic E-state index is 11.0. The minimum absolute atomic E-state index is 0.484. The molecule has 0 aliphatic heterocycles. The van der Waals surface area contributed by atoms with Crippen LogP contribution in [0.3, 0.4) is 0 Å². The van der Waals surface area contributed by atoms with Crippen LogP contribution in [-0.2, 0) is 14.3 Å². The number of Topliss-reactive ketones (excluding diaryl/α,β-unsaturated/α-hetero) is 1. The summed E-state index contributed by atoms with van der Waals surface area (Å²) >= 11 is 0. The van der Waals surface area contributed by atoms with Crippen LogP contribution >= 0.6 is 0 Å². The molecule has 0 saturated carbocycles. The lowest BCUT2D eigenvalue weighted by Gasteiger charge is -2.25. The molecule has 4 heteroatoms. The van der Waals surface area contributed by atoms with Crippen molar-refractivity contribution in [2.24, 2.45) is 5.92 Å². The second-order valence-electron chi connectivity index (χ2n) is 2.97. The maximum atomic E-state index is 11.0. The number of aliphatic hydroxyl groups is 1. The molecule has 1 unspecified atom stereocenters. The molecule has 0 aliphatic rings. The molecule has 4 nitrogen and oxygen atoms in total. The highest BCUT2D eigenvalue weighted by Gasteiger charge is 2.45. The van der Waals surface area contributed by atoms with Gasteiger partial charge in [0.1, 0.15) is 0 Å². The molecule has 0 amide bonds. The summed E-state index contributed by atoms with van der Waals surface area (Å²) < 4.78 is 4.33. The largest absolute Gasteiger partial charge is 0.467 e. The number of hydrogen-bond donors (Lipinski definition) is 1. The van der Waals surface area contributed by atoms with Crippen LogP contribution in [-0.4, -0.2) is 29.6 Å². The minimum atomic E-state index is -1.99. The predicted molar refractivity (Wildman–Crippen MR) is 42.5 cm³/mol. The molecule has 0 aromatic heterocycles. The topological polar surface area (TPSA) is 63.6 Å². The van der Waals surface area contributed by atoms with Gasteiger partial charge >= 0.3 is 5.97 Å². The first-order valence-electron chi connectivity index (χ1n) is 3.69. The summed E-state index contributed by atoms with van der Waals surface area (Å²) in [7, 11) is 1.14. The van der Waals surface area contributed by atoms with Crippen molar-refractivity contribution in [3.63, 3.8) is 0 Å². The van der Waals surface area contributed by atoms with E-state index in [0.29, 0.717) is 0 Å². The van der Waals surface area contributed by atoms with Gasteiger partial charge < -0.3 is 9.84 Å². The van der Waals surface area contributed by atoms with Gasteiger partial charge in [-0.25, -0.2) is 4.79 Å². The Morgan fingerprint density at radius 1 is 1.42 bits per heavy atom. The van der Waals surface area contributed by atoms with Gasteiger partial charge in [-0.1, -0.05) is 13.8 Å². The van der Waals surface area contributed by atoms with E-state index >= 15 is 0 Å².